The van der Waals surface area contributed by atoms with Crippen molar-refractivity contribution in [3.05, 3.63) is 12.7 Å². The summed E-state index contributed by atoms with van der Waals surface area (Å²) in [6, 6.07) is 0. The highest BCUT2D eigenvalue weighted by Gasteiger charge is 2.01. The van der Waals surface area contributed by atoms with Gasteiger partial charge in [-0.15, -0.1) is 0 Å². The van der Waals surface area contributed by atoms with Crippen molar-refractivity contribution in [3.63, 3.8) is 0 Å². The number of rotatable bonds is 3. The van der Waals surface area contributed by atoms with E-state index in [1.807, 2.05) is 0 Å². The summed E-state index contributed by atoms with van der Waals surface area (Å²) in [6.07, 6.45) is 1.48. The molecule has 0 aliphatic heterocycles. The molecule has 0 bridgehead atoms. The first-order valence-corrected chi connectivity index (χ1v) is 3.10. The highest BCUT2D eigenvalue weighted by atomic mass is 16.6. The molecular formula is C7H9NO5. The third-order valence-corrected chi connectivity index (χ3v) is 0.688. The lowest BCUT2D eigenvalue weighted by molar-refractivity contribution is -0.141. The van der Waals surface area contributed by atoms with E-state index in [-0.39, 0.29) is 6.47 Å². The Bertz CT molecular complexity index is 219. The van der Waals surface area contributed by atoms with Crippen LogP contribution >= 0.6 is 0 Å². The summed E-state index contributed by atoms with van der Waals surface area (Å²) in [5.41, 5.74) is 0. The molecular weight excluding hydrogens is 178 g/mol. The molecule has 0 aliphatic rings. The lowest BCUT2D eigenvalue weighted by Crippen LogP contribution is -2.09. The van der Waals surface area contributed by atoms with E-state index < -0.39 is 12.2 Å². The minimum absolute atomic E-state index is 0.250. The lowest BCUT2D eigenvalue weighted by atomic mass is 10.6. The van der Waals surface area contributed by atoms with Crippen LogP contribution in [0.3, 0.4) is 0 Å². The molecule has 1 atom stereocenters. The quantitative estimate of drug-likeness (QED) is 0.222. The maximum Gasteiger partial charge on any atom is 0.332 e. The van der Waals surface area contributed by atoms with Crippen LogP contribution in [0.5, 0.6) is 0 Å². The van der Waals surface area contributed by atoms with Crippen LogP contribution in [0.2, 0.25) is 0 Å². The van der Waals surface area contributed by atoms with Crippen molar-refractivity contribution in [1.82, 2.24) is 0 Å². The smallest absolute Gasteiger partial charge is 0.332 e. The zero-order valence-corrected chi connectivity index (χ0v) is 6.97. The molecule has 0 fully saturated rings. The average Bonchev–Trinajstić information content (AvgIpc) is 2.06. The molecule has 0 spiro atoms. The summed E-state index contributed by atoms with van der Waals surface area (Å²) in [7, 11) is 0. The lowest BCUT2D eigenvalue weighted by Gasteiger charge is -2.01. The maximum absolute atomic E-state index is 10.4. The van der Waals surface area contributed by atoms with Crippen LogP contribution in [-0.4, -0.2) is 29.9 Å². The topological polar surface area (TPSA) is 93.0 Å². The molecule has 0 aromatic heterocycles. The molecule has 1 N–H and O–H groups in total. The minimum Gasteiger partial charge on any atom is -0.483 e. The fourth-order valence-corrected chi connectivity index (χ4v) is 0.317. The molecule has 72 valence electrons. The van der Waals surface area contributed by atoms with E-state index in [0.717, 1.165) is 6.08 Å². The number of carbonyl (C=O) groups is 2. The van der Waals surface area contributed by atoms with Gasteiger partial charge in [-0.25, -0.2) is 9.59 Å². The second-order valence-electron chi connectivity index (χ2n) is 1.57. The molecule has 0 saturated heterocycles. The van der Waals surface area contributed by atoms with E-state index in [9.17, 15) is 9.59 Å². The predicted molar refractivity (Wildman–Crippen MR) is 42.6 cm³/mol. The standard InChI is InChI=1S/C6H7NO3.CH2O2/c1-3-6(9)10-5(2)7-4-8;2-1-3/h3,5H,1H2,2H3;1H,(H,2,3). The molecule has 6 heteroatoms. The summed E-state index contributed by atoms with van der Waals surface area (Å²) in [6.45, 7) is 4.36. The van der Waals surface area contributed by atoms with E-state index in [0.29, 0.717) is 0 Å². The summed E-state index contributed by atoms with van der Waals surface area (Å²) >= 11 is 0. The molecule has 0 saturated carbocycles. The first-order valence-electron chi connectivity index (χ1n) is 3.10. The Hall–Kier alpha value is -1.94. The Balaban J connectivity index is 0. The number of ether oxygens (including phenoxy) is 1. The van der Waals surface area contributed by atoms with Crippen molar-refractivity contribution < 1.29 is 24.2 Å². The summed E-state index contributed by atoms with van der Waals surface area (Å²) < 4.78 is 4.45. The van der Waals surface area contributed by atoms with Crippen molar-refractivity contribution in [2.45, 2.75) is 13.2 Å². The Morgan fingerprint density at radius 1 is 1.77 bits per heavy atom. The van der Waals surface area contributed by atoms with E-state index in [1.165, 1.54) is 13.0 Å². The van der Waals surface area contributed by atoms with Crippen molar-refractivity contribution in [2.24, 2.45) is 4.99 Å². The average molecular weight is 187 g/mol. The second-order valence-corrected chi connectivity index (χ2v) is 1.57. The molecule has 13 heavy (non-hydrogen) atoms. The van der Waals surface area contributed by atoms with Crippen LogP contribution in [0.15, 0.2) is 17.6 Å². The van der Waals surface area contributed by atoms with Gasteiger partial charge < -0.3 is 9.84 Å². The summed E-state index contributed by atoms with van der Waals surface area (Å²) in [5.74, 6) is -0.605. The minimum atomic E-state index is -0.775. The van der Waals surface area contributed by atoms with E-state index in [2.05, 4.69) is 16.3 Å². The van der Waals surface area contributed by atoms with Crippen LogP contribution in [-0.2, 0) is 19.1 Å². The number of hydrogen-bond acceptors (Lipinski definition) is 5. The van der Waals surface area contributed by atoms with Gasteiger partial charge in [-0.2, -0.15) is 4.99 Å². The highest BCUT2D eigenvalue weighted by molar-refractivity contribution is 5.81. The fraction of sp³-hybridized carbons (Fsp3) is 0.286. The molecule has 0 aromatic rings. The van der Waals surface area contributed by atoms with Gasteiger partial charge >= 0.3 is 5.97 Å². The van der Waals surface area contributed by atoms with Gasteiger partial charge in [0.15, 0.2) is 0 Å². The molecule has 0 radical (unpaired) electrons. The normalized spacial score (nSPS) is 9.31. The second kappa shape index (κ2) is 10.1. The summed E-state index contributed by atoms with van der Waals surface area (Å²) in [4.78, 5) is 31.4. The van der Waals surface area contributed by atoms with Crippen molar-refractivity contribution in [2.75, 3.05) is 0 Å². The number of hydrogen-bond donors (Lipinski definition) is 1. The fourth-order valence-electron chi connectivity index (χ4n) is 0.317. The molecule has 0 aliphatic carbocycles. The first kappa shape index (κ1) is 13.6. The van der Waals surface area contributed by atoms with Gasteiger partial charge in [0.25, 0.3) is 6.47 Å². The molecule has 0 rings (SSSR count). The third-order valence-electron chi connectivity index (χ3n) is 0.688. The Labute approximate surface area is 74.5 Å². The van der Waals surface area contributed by atoms with Gasteiger partial charge in [0.05, 0.1) is 0 Å². The van der Waals surface area contributed by atoms with Crippen LogP contribution in [0.1, 0.15) is 6.92 Å². The van der Waals surface area contributed by atoms with Crippen LogP contribution < -0.4 is 0 Å². The molecule has 0 aromatic carbocycles. The van der Waals surface area contributed by atoms with E-state index in [1.54, 1.807) is 0 Å². The Morgan fingerprint density at radius 3 is 2.54 bits per heavy atom. The van der Waals surface area contributed by atoms with Gasteiger partial charge in [-0.3, -0.25) is 4.79 Å². The Kier molecular flexibility index (Phi) is 10.6. The van der Waals surface area contributed by atoms with Gasteiger partial charge in [-0.05, 0) is 6.92 Å². The molecule has 6 nitrogen and oxygen atoms in total. The van der Waals surface area contributed by atoms with Crippen LogP contribution in [0.4, 0.5) is 0 Å². The SMILES string of the molecule is C=CC(=O)OC(C)N=C=O.O=CO. The third kappa shape index (κ3) is 13.1. The van der Waals surface area contributed by atoms with E-state index in [4.69, 9.17) is 9.90 Å². The molecule has 1 unspecified atom stereocenters. The van der Waals surface area contributed by atoms with Crippen molar-refractivity contribution >= 4 is 18.5 Å². The highest BCUT2D eigenvalue weighted by Crippen LogP contribution is 1.91. The first-order chi connectivity index (χ1) is 6.12. The van der Waals surface area contributed by atoms with Gasteiger partial charge in [-0.1, -0.05) is 6.58 Å². The number of carbonyl (C=O) groups excluding carboxylic acids is 2. The number of nitrogens with zero attached hydrogens (tertiary/aromatic N) is 1. The largest absolute Gasteiger partial charge is 0.483 e. The van der Waals surface area contributed by atoms with Crippen molar-refractivity contribution in [3.8, 4) is 0 Å². The number of isocyanates is 1. The van der Waals surface area contributed by atoms with Gasteiger partial charge in [0.2, 0.25) is 12.3 Å². The molecule has 0 amide bonds. The number of esters is 1. The van der Waals surface area contributed by atoms with Crippen LogP contribution in [0, 0.1) is 0 Å². The number of carboxylic acid groups (broad SMARTS) is 1. The van der Waals surface area contributed by atoms with Gasteiger partial charge in [0, 0.05) is 6.08 Å². The van der Waals surface area contributed by atoms with Crippen molar-refractivity contribution in [1.29, 1.82) is 0 Å². The Morgan fingerprint density at radius 2 is 2.23 bits per heavy atom. The number of aliphatic imine (C=N–C) groups is 1. The predicted octanol–water partition coefficient (Wildman–Crippen LogP) is 0.0982. The zero-order valence-electron chi connectivity index (χ0n) is 6.97. The maximum atomic E-state index is 10.4. The molecule has 0 heterocycles. The van der Waals surface area contributed by atoms with E-state index >= 15 is 0 Å². The summed E-state index contributed by atoms with van der Waals surface area (Å²) in [5, 5.41) is 6.89. The van der Waals surface area contributed by atoms with Gasteiger partial charge in [0.1, 0.15) is 0 Å². The monoisotopic (exact) mass is 187 g/mol. The zero-order chi connectivity index (χ0) is 10.7. The van der Waals surface area contributed by atoms with Crippen LogP contribution in [0.25, 0.3) is 0 Å².